The second-order valence-corrected chi connectivity index (χ2v) is 7.22. The number of nitrogens with zero attached hydrogens (tertiary/aromatic N) is 2. The third-order valence-corrected chi connectivity index (χ3v) is 5.07. The predicted octanol–water partition coefficient (Wildman–Crippen LogP) is 4.66. The Bertz CT molecular complexity index is 1090. The Morgan fingerprint density at radius 3 is 1.47 bits per heavy atom. The predicted molar refractivity (Wildman–Crippen MR) is 130 cm³/mol. The lowest BCUT2D eigenvalue weighted by molar-refractivity contribution is 0.155. The number of guanidine groups is 1. The Kier molecular flexibility index (Phi) is 6.28. The zero-order valence-corrected chi connectivity index (χ0v) is 17.5. The topological polar surface area (TPSA) is 86.0 Å². The molecule has 4 aromatic rings. The monoisotopic (exact) mass is 420 g/mol. The van der Waals surface area contributed by atoms with Gasteiger partial charge in [0.05, 0.1) is 6.21 Å². The average molecular weight is 421 g/mol. The van der Waals surface area contributed by atoms with E-state index in [9.17, 15) is 0 Å². The molecule has 0 saturated carbocycles. The van der Waals surface area contributed by atoms with Gasteiger partial charge in [-0.25, -0.2) is 0 Å². The van der Waals surface area contributed by atoms with E-state index in [0.29, 0.717) is 0 Å². The lowest BCUT2D eigenvalue weighted by Gasteiger charge is -2.36. The summed E-state index contributed by atoms with van der Waals surface area (Å²) in [5.74, 6) is 0.639. The van der Waals surface area contributed by atoms with E-state index < -0.39 is 5.60 Å². The van der Waals surface area contributed by atoms with E-state index in [1.807, 2.05) is 78.9 Å². The first kappa shape index (κ1) is 20.9. The zero-order valence-electron chi connectivity index (χ0n) is 17.5. The van der Waals surface area contributed by atoms with Crippen molar-refractivity contribution in [3.8, 4) is 5.75 Å². The fourth-order valence-corrected chi connectivity index (χ4v) is 3.66. The second-order valence-electron chi connectivity index (χ2n) is 7.22. The van der Waals surface area contributed by atoms with Gasteiger partial charge in [-0.3, -0.25) is 0 Å². The summed E-state index contributed by atoms with van der Waals surface area (Å²) in [6, 6.07) is 38.4. The Labute approximate surface area is 187 Å². The normalized spacial score (nSPS) is 11.2. The van der Waals surface area contributed by atoms with Gasteiger partial charge in [0.2, 0.25) is 5.96 Å². The summed E-state index contributed by atoms with van der Waals surface area (Å²) in [6.45, 7) is 0. The molecular weight excluding hydrogens is 396 g/mol. The van der Waals surface area contributed by atoms with Crippen molar-refractivity contribution in [2.24, 2.45) is 21.7 Å². The largest absolute Gasteiger partial charge is 0.473 e. The maximum Gasteiger partial charge on any atom is 0.211 e. The maximum atomic E-state index is 6.85. The van der Waals surface area contributed by atoms with Crippen LogP contribution in [0.25, 0.3) is 0 Å². The van der Waals surface area contributed by atoms with Crippen LogP contribution in [0.5, 0.6) is 5.75 Å². The van der Waals surface area contributed by atoms with Gasteiger partial charge in [-0.1, -0.05) is 91.0 Å². The Hall–Kier alpha value is -4.38. The number of nitrogens with two attached hydrogens (primary N) is 2. The van der Waals surface area contributed by atoms with E-state index in [4.69, 9.17) is 16.2 Å². The van der Waals surface area contributed by atoms with Crippen molar-refractivity contribution < 1.29 is 4.74 Å². The fraction of sp³-hybridized carbons (Fsp3) is 0.0370. The lowest BCUT2D eigenvalue weighted by Crippen LogP contribution is -2.36. The molecule has 0 saturated heterocycles. The number of hydrogen-bond donors (Lipinski definition) is 2. The summed E-state index contributed by atoms with van der Waals surface area (Å²) < 4.78 is 6.85. The third-order valence-electron chi connectivity index (χ3n) is 5.07. The van der Waals surface area contributed by atoms with Gasteiger partial charge in [0, 0.05) is 16.7 Å². The van der Waals surface area contributed by atoms with Crippen LogP contribution in [0.4, 0.5) is 0 Å². The van der Waals surface area contributed by atoms with Gasteiger partial charge >= 0.3 is 0 Å². The molecule has 0 aliphatic heterocycles. The minimum absolute atomic E-state index is 0.0837. The molecule has 158 valence electrons. The molecule has 0 bridgehead atoms. The highest BCUT2D eigenvalue weighted by Crippen LogP contribution is 2.41. The molecule has 5 nitrogen and oxygen atoms in total. The van der Waals surface area contributed by atoms with Crippen LogP contribution in [0, 0.1) is 0 Å². The molecule has 0 heterocycles. The van der Waals surface area contributed by atoms with E-state index >= 15 is 0 Å². The number of rotatable bonds is 7. The van der Waals surface area contributed by atoms with E-state index in [0.717, 1.165) is 28.0 Å². The summed E-state index contributed by atoms with van der Waals surface area (Å²) in [5.41, 5.74) is 13.8. The van der Waals surface area contributed by atoms with Crippen LogP contribution >= 0.6 is 0 Å². The van der Waals surface area contributed by atoms with Crippen molar-refractivity contribution in [2.45, 2.75) is 5.60 Å². The summed E-state index contributed by atoms with van der Waals surface area (Å²) in [7, 11) is 0. The molecular formula is C27H24N4O. The van der Waals surface area contributed by atoms with Gasteiger partial charge in [-0.05, 0) is 29.8 Å². The second kappa shape index (κ2) is 9.62. The van der Waals surface area contributed by atoms with Gasteiger partial charge < -0.3 is 16.2 Å². The Morgan fingerprint density at radius 2 is 1.06 bits per heavy atom. The highest BCUT2D eigenvalue weighted by molar-refractivity contribution is 5.81. The van der Waals surface area contributed by atoms with Crippen LogP contribution in [0.3, 0.4) is 0 Å². The molecule has 4 N–H and O–H groups in total. The van der Waals surface area contributed by atoms with Crippen LogP contribution < -0.4 is 16.2 Å². The molecule has 4 aromatic carbocycles. The molecule has 0 aliphatic carbocycles. The standard InChI is InChI=1S/C27H24N4O/c28-26(29)31-30-20-21-16-18-25(19-17-21)32-27(22-10-4-1-5-11-22,23-12-6-2-7-13-23)24-14-8-3-9-15-24/h1-20H,(H4,28,29,31). The molecule has 0 aromatic heterocycles. The Balaban J connectivity index is 1.82. The average Bonchev–Trinajstić information content (AvgIpc) is 2.85. The van der Waals surface area contributed by atoms with E-state index in [2.05, 4.69) is 46.6 Å². The summed E-state index contributed by atoms with van der Waals surface area (Å²) in [6.07, 6.45) is 1.59. The van der Waals surface area contributed by atoms with Crippen LogP contribution in [-0.4, -0.2) is 12.2 Å². The van der Waals surface area contributed by atoms with Crippen molar-refractivity contribution >= 4 is 12.2 Å². The zero-order chi connectivity index (χ0) is 22.2. The fourth-order valence-electron chi connectivity index (χ4n) is 3.66. The highest BCUT2D eigenvalue weighted by atomic mass is 16.5. The van der Waals surface area contributed by atoms with Gasteiger partial charge in [0.1, 0.15) is 5.75 Å². The molecule has 0 unspecified atom stereocenters. The quantitative estimate of drug-likeness (QED) is 0.197. The molecule has 0 amide bonds. The summed E-state index contributed by atoms with van der Waals surface area (Å²) in [5, 5.41) is 7.49. The first-order valence-corrected chi connectivity index (χ1v) is 10.3. The highest BCUT2D eigenvalue weighted by Gasteiger charge is 2.38. The van der Waals surface area contributed by atoms with E-state index in [-0.39, 0.29) is 5.96 Å². The molecule has 4 rings (SSSR count). The number of hydrogen-bond acceptors (Lipinski definition) is 3. The summed E-state index contributed by atoms with van der Waals surface area (Å²) >= 11 is 0. The molecule has 0 fully saturated rings. The van der Waals surface area contributed by atoms with Crippen molar-refractivity contribution in [3.63, 3.8) is 0 Å². The van der Waals surface area contributed by atoms with E-state index in [1.54, 1.807) is 6.21 Å². The molecule has 0 spiro atoms. The number of benzene rings is 4. The van der Waals surface area contributed by atoms with Gasteiger partial charge in [0.25, 0.3) is 0 Å². The van der Waals surface area contributed by atoms with Crippen molar-refractivity contribution in [2.75, 3.05) is 0 Å². The van der Waals surface area contributed by atoms with Crippen LogP contribution in [0.15, 0.2) is 125 Å². The third kappa shape index (κ3) is 4.52. The van der Waals surface area contributed by atoms with Crippen LogP contribution in [0.2, 0.25) is 0 Å². The Morgan fingerprint density at radius 1 is 0.625 bits per heavy atom. The molecule has 32 heavy (non-hydrogen) atoms. The summed E-state index contributed by atoms with van der Waals surface area (Å²) in [4.78, 5) is 0. The molecule has 0 radical (unpaired) electrons. The van der Waals surface area contributed by atoms with E-state index in [1.165, 1.54) is 0 Å². The van der Waals surface area contributed by atoms with Gasteiger partial charge in [-0.15, -0.1) is 5.10 Å². The first-order chi connectivity index (χ1) is 15.7. The smallest absolute Gasteiger partial charge is 0.211 e. The lowest BCUT2D eigenvalue weighted by atomic mass is 9.80. The van der Waals surface area contributed by atoms with Crippen molar-refractivity contribution in [1.29, 1.82) is 0 Å². The van der Waals surface area contributed by atoms with Gasteiger partial charge in [0.15, 0.2) is 5.60 Å². The van der Waals surface area contributed by atoms with Crippen molar-refractivity contribution in [1.82, 2.24) is 0 Å². The SMILES string of the molecule is NC(N)=NN=Cc1ccc(OC(c2ccccc2)(c2ccccc2)c2ccccc2)cc1. The minimum atomic E-state index is -0.822. The maximum absolute atomic E-state index is 6.85. The molecule has 0 aliphatic rings. The minimum Gasteiger partial charge on any atom is -0.473 e. The van der Waals surface area contributed by atoms with Crippen LogP contribution in [-0.2, 0) is 5.60 Å². The first-order valence-electron chi connectivity index (χ1n) is 10.3. The molecule has 0 atom stereocenters. The number of ether oxygens (including phenoxy) is 1. The molecule has 5 heteroatoms. The van der Waals surface area contributed by atoms with Gasteiger partial charge in [-0.2, -0.15) is 5.10 Å². The van der Waals surface area contributed by atoms with Crippen LogP contribution in [0.1, 0.15) is 22.3 Å². The van der Waals surface area contributed by atoms with Crippen molar-refractivity contribution in [3.05, 3.63) is 138 Å².